The number of aryl methyl sites for hydroxylation is 1. The van der Waals surface area contributed by atoms with Crippen LogP contribution >= 0.6 is 0 Å². The molecule has 57 heavy (non-hydrogen) atoms. The molecule has 9 rings (SSSR count). The number of aromatic nitrogens is 2. The van der Waals surface area contributed by atoms with Crippen LogP contribution in [0, 0.1) is 24.8 Å². The monoisotopic (exact) mass is 736 g/mol. The minimum Gasteiger partial charge on any atom is -0.310 e. The van der Waals surface area contributed by atoms with E-state index in [9.17, 15) is 5.26 Å². The van der Waals surface area contributed by atoms with Gasteiger partial charge in [-0.05, 0) is 106 Å². The van der Waals surface area contributed by atoms with Gasteiger partial charge >= 0.3 is 0 Å². The summed E-state index contributed by atoms with van der Waals surface area (Å²) in [5, 5.41) is 14.6. The van der Waals surface area contributed by atoms with Crippen molar-refractivity contribution in [2.75, 3.05) is 0 Å². The summed E-state index contributed by atoms with van der Waals surface area (Å²) in [6, 6.07) is 51.9. The molecule has 0 aliphatic rings. The minimum atomic E-state index is -0.0188. The summed E-state index contributed by atoms with van der Waals surface area (Å²) >= 11 is 0. The third kappa shape index (κ3) is 5.72. The van der Waals surface area contributed by atoms with E-state index in [0.29, 0.717) is 11.3 Å². The molecule has 4 heteroatoms. The lowest BCUT2D eigenvalue weighted by molar-refractivity contribution is 0.591. The lowest BCUT2D eigenvalue weighted by Gasteiger charge is -2.24. The quantitative estimate of drug-likeness (QED) is 0.166. The van der Waals surface area contributed by atoms with E-state index >= 15 is 0 Å². The van der Waals surface area contributed by atoms with E-state index in [4.69, 9.17) is 6.57 Å². The maximum Gasteiger partial charge on any atom is 0.197 e. The molecule has 2 heterocycles. The highest BCUT2D eigenvalue weighted by molar-refractivity contribution is 6.13. The van der Waals surface area contributed by atoms with Gasteiger partial charge in [0.1, 0.15) is 0 Å². The van der Waals surface area contributed by atoms with Crippen LogP contribution in [0.1, 0.15) is 63.8 Å². The second kappa shape index (κ2) is 13.1. The van der Waals surface area contributed by atoms with Crippen molar-refractivity contribution in [3.8, 4) is 39.7 Å². The zero-order valence-electron chi connectivity index (χ0n) is 33.6. The van der Waals surface area contributed by atoms with Gasteiger partial charge in [-0.2, -0.15) is 5.26 Å². The third-order valence-corrected chi connectivity index (χ3v) is 11.6. The van der Waals surface area contributed by atoms with Gasteiger partial charge in [0.2, 0.25) is 0 Å². The maximum atomic E-state index is 9.85. The SMILES string of the molecule is [C-]#[N+]c1cccc(-n2c3ccccc3c3cc(C(C)(C)C)ccc32)c1-c1c(-c2ccc(C#N)cc2C)cccc1-n1c2ccccc2c2cc(C(C)(C)C)ccc21. The third-order valence-electron chi connectivity index (χ3n) is 11.6. The van der Waals surface area contributed by atoms with Gasteiger partial charge in [-0.3, -0.25) is 0 Å². The largest absolute Gasteiger partial charge is 0.310 e. The standard InChI is InChI=1S/C53H44N4/c1-33-29-34(32-54)23-26-37(33)40-17-13-21-48(56-44-19-11-9-15-38(44)41-30-35(52(2,3)4)24-27-46(41)56)50(40)51-43(55-8)18-14-22-49(51)57-45-20-12-10-16-39(45)42-31-36(53(5,6)7)25-28-47(42)57/h9-31H,1-7H3. The molecule has 0 fully saturated rings. The summed E-state index contributed by atoms with van der Waals surface area (Å²) in [6.07, 6.45) is 0. The molecule has 4 nitrogen and oxygen atoms in total. The van der Waals surface area contributed by atoms with Crippen LogP contribution in [0.2, 0.25) is 0 Å². The van der Waals surface area contributed by atoms with Gasteiger partial charge in [-0.25, -0.2) is 4.85 Å². The zero-order chi connectivity index (χ0) is 39.8. The molecule has 0 aliphatic carbocycles. The number of rotatable bonds is 4. The first-order valence-corrected chi connectivity index (χ1v) is 19.6. The van der Waals surface area contributed by atoms with Crippen molar-refractivity contribution in [2.45, 2.75) is 59.3 Å². The van der Waals surface area contributed by atoms with E-state index in [1.807, 2.05) is 24.3 Å². The molecule has 7 aromatic carbocycles. The smallest absolute Gasteiger partial charge is 0.197 e. The van der Waals surface area contributed by atoms with E-state index in [1.165, 1.54) is 32.7 Å². The van der Waals surface area contributed by atoms with Gasteiger partial charge in [-0.15, -0.1) is 0 Å². The molecular formula is C53H44N4. The van der Waals surface area contributed by atoms with Gasteiger partial charge in [0.25, 0.3) is 0 Å². The van der Waals surface area contributed by atoms with Crippen molar-refractivity contribution < 1.29 is 0 Å². The molecule has 9 aromatic rings. The molecule has 0 spiro atoms. The zero-order valence-corrected chi connectivity index (χ0v) is 33.6. The Bertz CT molecular complexity index is 3180. The van der Waals surface area contributed by atoms with Crippen molar-refractivity contribution in [2.24, 2.45) is 0 Å². The molecule has 276 valence electrons. The van der Waals surface area contributed by atoms with Crippen LogP contribution in [-0.4, -0.2) is 9.13 Å². The average Bonchev–Trinajstić information content (AvgIpc) is 3.71. The summed E-state index contributed by atoms with van der Waals surface area (Å²) in [7, 11) is 0. The average molecular weight is 737 g/mol. The Labute approximate surface area is 334 Å². The number of hydrogen-bond acceptors (Lipinski definition) is 1. The Kier molecular flexibility index (Phi) is 8.24. The Morgan fingerprint density at radius 2 is 1.02 bits per heavy atom. The molecule has 0 unspecified atom stereocenters. The van der Waals surface area contributed by atoms with Gasteiger partial charge in [0.15, 0.2) is 5.69 Å². The van der Waals surface area contributed by atoms with Crippen LogP contribution in [0.25, 0.3) is 82.1 Å². The van der Waals surface area contributed by atoms with E-state index in [1.54, 1.807) is 0 Å². The summed E-state index contributed by atoms with van der Waals surface area (Å²) in [4.78, 5) is 4.28. The summed E-state index contributed by atoms with van der Waals surface area (Å²) < 4.78 is 4.75. The van der Waals surface area contributed by atoms with Crippen LogP contribution in [-0.2, 0) is 10.8 Å². The number of fused-ring (bicyclic) bond motifs is 6. The lowest BCUT2D eigenvalue weighted by atomic mass is 9.86. The van der Waals surface area contributed by atoms with Crippen molar-refractivity contribution in [3.05, 3.63) is 173 Å². The first-order valence-electron chi connectivity index (χ1n) is 19.6. The van der Waals surface area contributed by atoms with Gasteiger partial charge in [0, 0.05) is 38.4 Å². The second-order valence-electron chi connectivity index (χ2n) is 17.3. The molecule has 0 amide bonds. The predicted octanol–water partition coefficient (Wildman–Crippen LogP) is 14.5. The summed E-state index contributed by atoms with van der Waals surface area (Å²) in [5.74, 6) is 0. The Hall–Kier alpha value is -6.88. The lowest BCUT2D eigenvalue weighted by Crippen LogP contribution is -2.10. The number of para-hydroxylation sites is 2. The van der Waals surface area contributed by atoms with Crippen LogP contribution in [0.15, 0.2) is 140 Å². The molecule has 0 atom stereocenters. The Balaban J connectivity index is 1.46. The van der Waals surface area contributed by atoms with Crippen LogP contribution < -0.4 is 0 Å². The van der Waals surface area contributed by atoms with Crippen LogP contribution in [0.5, 0.6) is 0 Å². The molecule has 0 radical (unpaired) electrons. The van der Waals surface area contributed by atoms with E-state index in [0.717, 1.165) is 61.3 Å². The summed E-state index contributed by atoms with van der Waals surface area (Å²) in [6.45, 7) is 24.3. The van der Waals surface area contributed by atoms with Crippen molar-refractivity contribution in [3.63, 3.8) is 0 Å². The van der Waals surface area contributed by atoms with E-state index in [2.05, 4.69) is 184 Å². The number of nitriles is 1. The Morgan fingerprint density at radius 1 is 0.509 bits per heavy atom. The van der Waals surface area contributed by atoms with Gasteiger partial charge in [0.05, 0.1) is 46.0 Å². The maximum absolute atomic E-state index is 9.85. The van der Waals surface area contributed by atoms with Gasteiger partial charge in [-0.1, -0.05) is 120 Å². The van der Waals surface area contributed by atoms with Crippen molar-refractivity contribution >= 4 is 49.3 Å². The highest BCUT2D eigenvalue weighted by atomic mass is 15.0. The summed E-state index contributed by atoms with van der Waals surface area (Å²) in [5.41, 5.74) is 14.9. The molecule has 0 saturated carbocycles. The fourth-order valence-corrected chi connectivity index (χ4v) is 8.71. The highest BCUT2D eigenvalue weighted by Gasteiger charge is 2.27. The first kappa shape index (κ1) is 35.8. The fourth-order valence-electron chi connectivity index (χ4n) is 8.71. The topological polar surface area (TPSA) is 38.0 Å². The normalized spacial score (nSPS) is 12.1. The van der Waals surface area contributed by atoms with Gasteiger partial charge < -0.3 is 9.13 Å². The minimum absolute atomic E-state index is 0.0185. The number of nitrogens with zero attached hydrogens (tertiary/aromatic N) is 4. The van der Waals surface area contributed by atoms with E-state index in [-0.39, 0.29) is 10.8 Å². The highest BCUT2D eigenvalue weighted by Crippen LogP contribution is 2.49. The van der Waals surface area contributed by atoms with E-state index < -0.39 is 0 Å². The molecule has 0 saturated heterocycles. The molecule has 0 N–H and O–H groups in total. The van der Waals surface area contributed by atoms with Crippen molar-refractivity contribution in [1.82, 2.24) is 9.13 Å². The first-order chi connectivity index (χ1) is 27.4. The number of benzene rings is 7. The molecule has 2 aromatic heterocycles. The Morgan fingerprint density at radius 3 is 1.53 bits per heavy atom. The van der Waals surface area contributed by atoms with Crippen molar-refractivity contribution in [1.29, 1.82) is 5.26 Å². The number of hydrogen-bond donors (Lipinski definition) is 0. The second-order valence-corrected chi connectivity index (χ2v) is 17.3. The molecule has 0 bridgehead atoms. The van der Waals surface area contributed by atoms with Crippen LogP contribution in [0.4, 0.5) is 5.69 Å². The fraction of sp³-hybridized carbons (Fsp3) is 0.170. The van der Waals surface area contributed by atoms with Crippen LogP contribution in [0.3, 0.4) is 0 Å². The predicted molar refractivity (Wildman–Crippen MR) is 239 cm³/mol. The molecule has 0 aliphatic heterocycles. The molecular weight excluding hydrogens is 693 g/mol.